The smallest absolute Gasteiger partial charge is 0.407 e. The second-order valence-corrected chi connectivity index (χ2v) is 10.6. The van der Waals surface area contributed by atoms with E-state index in [9.17, 15) is 14.4 Å². The van der Waals surface area contributed by atoms with E-state index < -0.39 is 11.7 Å². The summed E-state index contributed by atoms with van der Waals surface area (Å²) in [4.78, 5) is 38.0. The van der Waals surface area contributed by atoms with Crippen molar-refractivity contribution >= 4 is 40.6 Å². The number of benzene rings is 3. The standard InChI is InChI=1S/C32H36N4O4/c1-5-6-18-33-29(37)23-14-17-26-25(19-23)27(30(38)36-26)28(22-10-8-7-9-11-22)35-24-15-12-21(13-16-24)20-34-31(39)40-32(2,3)4/h7-17,19,35H,5-6,18,20H2,1-4H3,(H,33,37)(H,34,39)(H,36,38)/b28-27-. The molecule has 0 bridgehead atoms. The van der Waals surface area contributed by atoms with Crippen molar-refractivity contribution < 1.29 is 19.1 Å². The van der Waals surface area contributed by atoms with Gasteiger partial charge in [-0.1, -0.05) is 55.8 Å². The van der Waals surface area contributed by atoms with Crippen LogP contribution in [0.15, 0.2) is 72.8 Å². The normalized spacial score (nSPS) is 13.7. The van der Waals surface area contributed by atoms with Gasteiger partial charge in [0.1, 0.15) is 5.60 Å². The minimum atomic E-state index is -0.566. The summed E-state index contributed by atoms with van der Waals surface area (Å²) in [7, 11) is 0. The molecular formula is C32H36N4O4. The minimum absolute atomic E-state index is 0.167. The van der Waals surface area contributed by atoms with E-state index in [0.717, 1.165) is 29.7 Å². The van der Waals surface area contributed by atoms with Crippen molar-refractivity contribution in [2.24, 2.45) is 0 Å². The maximum atomic E-state index is 13.3. The van der Waals surface area contributed by atoms with Gasteiger partial charge in [0.2, 0.25) is 0 Å². The van der Waals surface area contributed by atoms with Gasteiger partial charge in [-0.25, -0.2) is 4.79 Å². The van der Waals surface area contributed by atoms with Crippen molar-refractivity contribution in [1.82, 2.24) is 10.6 Å². The van der Waals surface area contributed by atoms with Gasteiger partial charge in [-0.2, -0.15) is 0 Å². The number of hydrogen-bond acceptors (Lipinski definition) is 5. The molecule has 0 unspecified atom stereocenters. The van der Waals surface area contributed by atoms with E-state index in [4.69, 9.17) is 4.74 Å². The Morgan fingerprint density at radius 3 is 2.30 bits per heavy atom. The SMILES string of the molecule is CCCCNC(=O)c1ccc2c(c1)/C(=C(/Nc1ccc(CNC(=O)OC(C)(C)C)cc1)c1ccccc1)C(=O)N2. The summed E-state index contributed by atoms with van der Waals surface area (Å²) in [6.45, 7) is 8.45. The third-order valence-corrected chi connectivity index (χ3v) is 6.21. The molecule has 208 valence electrons. The average molecular weight is 541 g/mol. The van der Waals surface area contributed by atoms with Crippen molar-refractivity contribution in [3.63, 3.8) is 0 Å². The molecule has 0 radical (unpaired) electrons. The largest absolute Gasteiger partial charge is 0.444 e. The van der Waals surface area contributed by atoms with Gasteiger partial charge in [-0.05, 0) is 68.7 Å². The number of nitrogens with one attached hydrogen (secondary N) is 4. The number of fused-ring (bicyclic) bond motifs is 1. The first-order valence-electron chi connectivity index (χ1n) is 13.5. The van der Waals surface area contributed by atoms with Crippen LogP contribution in [0.1, 0.15) is 67.6 Å². The highest BCUT2D eigenvalue weighted by Crippen LogP contribution is 2.38. The number of anilines is 2. The van der Waals surface area contributed by atoms with Gasteiger partial charge in [0, 0.05) is 35.6 Å². The highest BCUT2D eigenvalue weighted by Gasteiger charge is 2.29. The third kappa shape index (κ3) is 7.28. The average Bonchev–Trinajstić information content (AvgIpc) is 3.25. The Morgan fingerprint density at radius 1 is 0.900 bits per heavy atom. The predicted molar refractivity (Wildman–Crippen MR) is 159 cm³/mol. The summed E-state index contributed by atoms with van der Waals surface area (Å²) in [6, 6.07) is 22.4. The van der Waals surface area contributed by atoms with Gasteiger partial charge in [0.05, 0.1) is 11.3 Å². The Morgan fingerprint density at radius 2 is 1.62 bits per heavy atom. The molecule has 0 aliphatic carbocycles. The van der Waals surface area contributed by atoms with E-state index in [-0.39, 0.29) is 11.8 Å². The number of ether oxygens (including phenoxy) is 1. The van der Waals surface area contributed by atoms with Crippen molar-refractivity contribution in [3.8, 4) is 0 Å². The van der Waals surface area contributed by atoms with E-state index in [1.807, 2.05) is 75.4 Å². The highest BCUT2D eigenvalue weighted by molar-refractivity contribution is 6.37. The molecule has 0 fully saturated rings. The summed E-state index contributed by atoms with van der Waals surface area (Å²) in [6.07, 6.45) is 1.42. The van der Waals surface area contributed by atoms with E-state index in [1.165, 1.54) is 0 Å². The molecule has 1 heterocycles. The molecule has 0 saturated carbocycles. The number of carbonyl (C=O) groups is 3. The first kappa shape index (κ1) is 28.4. The van der Waals surface area contributed by atoms with E-state index in [1.54, 1.807) is 18.2 Å². The Labute approximate surface area is 235 Å². The molecule has 8 nitrogen and oxygen atoms in total. The van der Waals surface area contributed by atoms with Crippen LogP contribution in [0, 0.1) is 0 Å². The Kier molecular flexibility index (Phi) is 8.89. The van der Waals surface area contributed by atoms with Crippen LogP contribution in [-0.2, 0) is 16.1 Å². The van der Waals surface area contributed by atoms with E-state index in [0.29, 0.717) is 41.2 Å². The first-order valence-corrected chi connectivity index (χ1v) is 13.5. The molecule has 0 atom stereocenters. The first-order chi connectivity index (χ1) is 19.1. The molecule has 3 aromatic rings. The summed E-state index contributed by atoms with van der Waals surface area (Å²) in [5.74, 6) is -0.414. The maximum absolute atomic E-state index is 13.3. The van der Waals surface area contributed by atoms with Crippen molar-refractivity contribution in [1.29, 1.82) is 0 Å². The third-order valence-electron chi connectivity index (χ3n) is 6.21. The van der Waals surface area contributed by atoms with Crippen LogP contribution in [0.4, 0.5) is 16.2 Å². The maximum Gasteiger partial charge on any atom is 0.407 e. The van der Waals surface area contributed by atoms with Gasteiger partial charge in [-0.15, -0.1) is 0 Å². The van der Waals surface area contributed by atoms with Gasteiger partial charge in [0.25, 0.3) is 11.8 Å². The lowest BCUT2D eigenvalue weighted by Gasteiger charge is -2.19. The fourth-order valence-corrected chi connectivity index (χ4v) is 4.26. The molecule has 1 aliphatic rings. The topological polar surface area (TPSA) is 109 Å². The number of unbranched alkanes of at least 4 members (excludes halogenated alkanes) is 1. The number of alkyl carbamates (subject to hydrolysis) is 1. The number of rotatable bonds is 9. The quantitative estimate of drug-likeness (QED) is 0.192. The summed E-state index contributed by atoms with van der Waals surface area (Å²) in [5.41, 5.74) is 4.83. The monoisotopic (exact) mass is 540 g/mol. The molecule has 0 spiro atoms. The molecule has 40 heavy (non-hydrogen) atoms. The van der Waals surface area contributed by atoms with Crippen LogP contribution in [0.25, 0.3) is 11.3 Å². The lowest BCUT2D eigenvalue weighted by Crippen LogP contribution is -2.32. The predicted octanol–water partition coefficient (Wildman–Crippen LogP) is 6.17. The molecule has 4 rings (SSSR count). The van der Waals surface area contributed by atoms with Crippen LogP contribution in [-0.4, -0.2) is 30.1 Å². The zero-order valence-corrected chi connectivity index (χ0v) is 23.4. The Balaban J connectivity index is 1.62. The van der Waals surface area contributed by atoms with E-state index >= 15 is 0 Å². The molecule has 3 aromatic carbocycles. The van der Waals surface area contributed by atoms with Gasteiger partial charge in [0.15, 0.2) is 0 Å². The lowest BCUT2D eigenvalue weighted by atomic mass is 9.98. The molecule has 0 saturated heterocycles. The summed E-state index contributed by atoms with van der Waals surface area (Å²) < 4.78 is 5.30. The van der Waals surface area contributed by atoms with Gasteiger partial charge >= 0.3 is 6.09 Å². The molecule has 8 heteroatoms. The lowest BCUT2D eigenvalue weighted by molar-refractivity contribution is -0.110. The number of hydrogen-bond donors (Lipinski definition) is 4. The zero-order valence-electron chi connectivity index (χ0n) is 23.4. The molecular weight excluding hydrogens is 504 g/mol. The molecule has 0 aromatic heterocycles. The molecule has 1 aliphatic heterocycles. The van der Waals surface area contributed by atoms with Crippen molar-refractivity contribution in [2.75, 3.05) is 17.2 Å². The molecule has 3 amide bonds. The van der Waals surface area contributed by atoms with Gasteiger partial charge < -0.3 is 26.0 Å². The molecule has 4 N–H and O–H groups in total. The van der Waals surface area contributed by atoms with Crippen LogP contribution in [0.3, 0.4) is 0 Å². The van der Waals surface area contributed by atoms with Crippen LogP contribution < -0.4 is 21.3 Å². The van der Waals surface area contributed by atoms with E-state index in [2.05, 4.69) is 28.2 Å². The van der Waals surface area contributed by atoms with Crippen LogP contribution >= 0.6 is 0 Å². The fourth-order valence-electron chi connectivity index (χ4n) is 4.26. The highest BCUT2D eigenvalue weighted by atomic mass is 16.6. The zero-order chi connectivity index (χ0) is 28.7. The van der Waals surface area contributed by atoms with Crippen molar-refractivity contribution in [3.05, 3.63) is 95.1 Å². The van der Waals surface area contributed by atoms with Crippen molar-refractivity contribution in [2.45, 2.75) is 52.7 Å². The second kappa shape index (κ2) is 12.5. The van der Waals surface area contributed by atoms with Gasteiger partial charge in [-0.3, -0.25) is 9.59 Å². The van der Waals surface area contributed by atoms with Crippen LogP contribution in [0.5, 0.6) is 0 Å². The minimum Gasteiger partial charge on any atom is -0.444 e. The van der Waals surface area contributed by atoms with Crippen LogP contribution in [0.2, 0.25) is 0 Å². The number of amides is 3. The second-order valence-electron chi connectivity index (χ2n) is 10.6. The fraction of sp³-hybridized carbons (Fsp3) is 0.281. The summed E-state index contributed by atoms with van der Waals surface area (Å²) >= 11 is 0. The summed E-state index contributed by atoms with van der Waals surface area (Å²) in [5, 5.41) is 12.1. The Bertz CT molecular complexity index is 1410. The Hall–Kier alpha value is -4.59. The number of carbonyl (C=O) groups excluding carboxylic acids is 3.